The summed E-state index contributed by atoms with van der Waals surface area (Å²) in [6, 6.07) is 0. The maximum Gasteiger partial charge on any atom is 4.00 e. The van der Waals surface area contributed by atoms with Gasteiger partial charge in [0.1, 0.15) is 0 Å². The van der Waals surface area contributed by atoms with Gasteiger partial charge >= 0.3 is 21.7 Å². The molecule has 0 heterocycles. The van der Waals surface area contributed by atoms with Gasteiger partial charge in [0.2, 0.25) is 0 Å². The fourth-order valence-electron chi connectivity index (χ4n) is 0.781. The van der Waals surface area contributed by atoms with Crippen LogP contribution in [0.2, 0.25) is 0 Å². The molecule has 0 aliphatic heterocycles. The quantitative estimate of drug-likeness (QED) is 0.276. The predicted octanol–water partition coefficient (Wildman–Crippen LogP) is 5.28. The van der Waals surface area contributed by atoms with E-state index in [0.717, 1.165) is 32.4 Å². The molecule has 0 aromatic carbocycles. The molecule has 0 spiro atoms. The zero-order valence-electron chi connectivity index (χ0n) is 13.4. The van der Waals surface area contributed by atoms with Gasteiger partial charge in [-0.15, -0.1) is 32.7 Å². The van der Waals surface area contributed by atoms with Gasteiger partial charge in [-0.3, -0.25) is 6.08 Å². The summed E-state index contributed by atoms with van der Waals surface area (Å²) in [5.74, 6) is 0. The van der Waals surface area contributed by atoms with Crippen LogP contribution in [-0.2, 0) is 21.7 Å². The van der Waals surface area contributed by atoms with Crippen molar-refractivity contribution >= 4 is 0 Å². The maximum atomic E-state index is 3.85. The Kier molecular flexibility index (Phi) is 50.5. The standard InChI is InChI=1S/2C5H10N.C5H5.C2H5.Ti/c2*1-3-4-5-6-2;1-2-4-5-3-1;1-2;/h2*3H,1,4-5H2,2H3;1-3H,4H2;1H2,2H3;/q4*-1;+4. The van der Waals surface area contributed by atoms with Crippen LogP contribution in [-0.4, -0.2) is 27.2 Å². The van der Waals surface area contributed by atoms with E-state index < -0.39 is 0 Å². The number of nitrogens with zero attached hydrogens (tertiary/aromatic N) is 2. The Bertz CT molecular complexity index is 189. The number of allylic oxidation sites excluding steroid dienone is 4. The van der Waals surface area contributed by atoms with Crippen molar-refractivity contribution in [2.75, 3.05) is 27.2 Å². The van der Waals surface area contributed by atoms with E-state index in [2.05, 4.69) is 42.9 Å². The van der Waals surface area contributed by atoms with E-state index in [1.54, 1.807) is 6.92 Å². The summed E-state index contributed by atoms with van der Waals surface area (Å²) in [7, 11) is 3.62. The molecule has 0 unspecified atom stereocenters. The first-order chi connectivity index (χ1) is 9.33. The molecule has 0 bridgehead atoms. The van der Waals surface area contributed by atoms with E-state index in [0.29, 0.717) is 0 Å². The average molecular weight is 310 g/mol. The van der Waals surface area contributed by atoms with Crippen LogP contribution in [0, 0.1) is 13.0 Å². The predicted molar refractivity (Wildman–Crippen MR) is 90.5 cm³/mol. The molecule has 3 heteroatoms. The molecule has 0 aromatic rings. The molecule has 20 heavy (non-hydrogen) atoms. The van der Waals surface area contributed by atoms with Gasteiger partial charge in [0.15, 0.2) is 0 Å². The van der Waals surface area contributed by atoms with Crippen molar-refractivity contribution < 1.29 is 21.7 Å². The zero-order chi connectivity index (χ0) is 15.2. The van der Waals surface area contributed by atoms with Gasteiger partial charge in [-0.1, -0.05) is 25.0 Å². The van der Waals surface area contributed by atoms with Crippen LogP contribution in [0.25, 0.3) is 10.6 Å². The summed E-state index contributed by atoms with van der Waals surface area (Å²) >= 11 is 0. The van der Waals surface area contributed by atoms with Gasteiger partial charge in [0.25, 0.3) is 0 Å². The summed E-state index contributed by atoms with van der Waals surface area (Å²) in [6.45, 7) is 13.9. The van der Waals surface area contributed by atoms with Crippen LogP contribution in [0.3, 0.4) is 0 Å². The minimum absolute atomic E-state index is 0. The van der Waals surface area contributed by atoms with Crippen molar-refractivity contribution in [3.63, 3.8) is 0 Å². The van der Waals surface area contributed by atoms with E-state index in [-0.39, 0.29) is 21.7 Å². The Morgan fingerprint density at radius 2 is 1.55 bits per heavy atom. The second-order valence-corrected chi connectivity index (χ2v) is 3.24. The topological polar surface area (TPSA) is 28.2 Å². The summed E-state index contributed by atoms with van der Waals surface area (Å²) in [6.07, 6.45) is 15.8. The Morgan fingerprint density at radius 1 is 1.10 bits per heavy atom. The molecule has 0 saturated carbocycles. The summed E-state index contributed by atoms with van der Waals surface area (Å²) in [5, 5.41) is 7.71. The van der Waals surface area contributed by atoms with E-state index in [1.165, 1.54) is 0 Å². The Balaban J connectivity index is -0.0000000883. The van der Waals surface area contributed by atoms with Crippen molar-refractivity contribution in [1.82, 2.24) is 0 Å². The van der Waals surface area contributed by atoms with Crippen LogP contribution in [0.1, 0.15) is 26.2 Å². The minimum atomic E-state index is 0. The third-order valence-corrected chi connectivity index (χ3v) is 1.70. The van der Waals surface area contributed by atoms with Gasteiger partial charge in [-0.2, -0.15) is 27.1 Å². The number of hydrogen-bond acceptors (Lipinski definition) is 0. The molecule has 0 radical (unpaired) electrons. The molecule has 0 amide bonds. The first-order valence-corrected chi connectivity index (χ1v) is 6.58. The van der Waals surface area contributed by atoms with Crippen molar-refractivity contribution in [2.45, 2.75) is 26.2 Å². The molecule has 0 fully saturated rings. The van der Waals surface area contributed by atoms with Gasteiger partial charge in [0.05, 0.1) is 0 Å². The summed E-state index contributed by atoms with van der Waals surface area (Å²) in [4.78, 5) is 0. The van der Waals surface area contributed by atoms with Crippen LogP contribution in [0.15, 0.2) is 43.5 Å². The van der Waals surface area contributed by atoms with Crippen molar-refractivity contribution in [3.8, 4) is 0 Å². The molecule has 112 valence electrons. The SMILES string of the molecule is C=CCC[N-]C.C=CCC[N-]C.[C-]1=CC=CC1.[CH2-]C.[Ti+4]. The Hall–Kier alpha value is -0.406. The van der Waals surface area contributed by atoms with Crippen LogP contribution in [0.4, 0.5) is 0 Å². The molecule has 1 aliphatic rings. The first-order valence-electron chi connectivity index (χ1n) is 6.58. The van der Waals surface area contributed by atoms with Gasteiger partial charge in [-0.05, 0) is 0 Å². The van der Waals surface area contributed by atoms with Crippen LogP contribution >= 0.6 is 0 Å². The number of rotatable bonds is 6. The third kappa shape index (κ3) is 43.2. The molecular weight excluding hydrogens is 280 g/mol. The van der Waals surface area contributed by atoms with Gasteiger partial charge < -0.3 is 17.6 Å². The zero-order valence-corrected chi connectivity index (χ0v) is 15.0. The second-order valence-electron chi connectivity index (χ2n) is 3.24. The largest absolute Gasteiger partial charge is 4.00 e. The summed E-state index contributed by atoms with van der Waals surface area (Å²) in [5.41, 5.74) is 0. The maximum absolute atomic E-state index is 3.85. The smallest absolute Gasteiger partial charge is 0.665 e. The average Bonchev–Trinajstić information content (AvgIpc) is 3.05. The number of hydrogen-bond donors (Lipinski definition) is 0. The molecule has 1 rings (SSSR count). The first kappa shape index (κ1) is 27.9. The van der Waals surface area contributed by atoms with E-state index >= 15 is 0 Å². The molecular formula is C17H30N2Ti. The Labute approximate surface area is 142 Å². The van der Waals surface area contributed by atoms with Gasteiger partial charge in [-0.25, -0.2) is 12.2 Å². The molecule has 0 N–H and O–H groups in total. The van der Waals surface area contributed by atoms with Crippen LogP contribution < -0.4 is 0 Å². The Morgan fingerprint density at radius 3 is 1.65 bits per heavy atom. The molecule has 0 saturated heterocycles. The van der Waals surface area contributed by atoms with Crippen LogP contribution in [0.5, 0.6) is 0 Å². The van der Waals surface area contributed by atoms with E-state index in [9.17, 15) is 0 Å². The normalized spacial score (nSPS) is 9.60. The molecule has 0 atom stereocenters. The molecule has 0 aromatic heterocycles. The van der Waals surface area contributed by atoms with Crippen molar-refractivity contribution in [1.29, 1.82) is 0 Å². The monoisotopic (exact) mass is 310 g/mol. The fraction of sp³-hybridized carbons (Fsp3) is 0.471. The molecule has 2 nitrogen and oxygen atoms in total. The second kappa shape index (κ2) is 36.3. The molecule has 1 aliphatic carbocycles. The fourth-order valence-corrected chi connectivity index (χ4v) is 0.781. The van der Waals surface area contributed by atoms with E-state index in [1.807, 2.05) is 38.4 Å². The van der Waals surface area contributed by atoms with Crippen molar-refractivity contribution in [2.24, 2.45) is 0 Å². The van der Waals surface area contributed by atoms with E-state index in [4.69, 9.17) is 0 Å². The van der Waals surface area contributed by atoms with Crippen molar-refractivity contribution in [3.05, 3.63) is 67.2 Å². The summed E-state index contributed by atoms with van der Waals surface area (Å²) < 4.78 is 0. The minimum Gasteiger partial charge on any atom is -0.665 e. The van der Waals surface area contributed by atoms with Gasteiger partial charge in [0, 0.05) is 0 Å². The third-order valence-electron chi connectivity index (χ3n) is 1.70.